The lowest BCUT2D eigenvalue weighted by Crippen LogP contribution is -2.46. The predicted molar refractivity (Wildman–Crippen MR) is 58.4 cm³/mol. The van der Waals surface area contributed by atoms with Crippen LogP contribution in [0.3, 0.4) is 0 Å². The van der Waals surface area contributed by atoms with E-state index in [0.717, 1.165) is 18.6 Å². The Balaban J connectivity index is 1.83. The van der Waals surface area contributed by atoms with Gasteiger partial charge in [0.25, 0.3) is 0 Å². The molecule has 14 heavy (non-hydrogen) atoms. The molecule has 1 aliphatic heterocycles. The van der Waals surface area contributed by atoms with Crippen molar-refractivity contribution in [1.29, 1.82) is 0 Å². The second-order valence-corrected chi connectivity index (χ2v) is 5.01. The fraction of sp³-hybridized carbons (Fsp3) is 1.00. The molecule has 1 N–H and O–H groups in total. The van der Waals surface area contributed by atoms with Gasteiger partial charge in [0, 0.05) is 18.7 Å². The summed E-state index contributed by atoms with van der Waals surface area (Å²) in [4.78, 5) is 0. The fourth-order valence-corrected chi connectivity index (χ4v) is 2.79. The third-order valence-electron chi connectivity index (χ3n) is 3.92. The summed E-state index contributed by atoms with van der Waals surface area (Å²) in [5.74, 6) is 0.858. The normalized spacial score (nSPS) is 44.1. The van der Waals surface area contributed by atoms with Gasteiger partial charge in [0.15, 0.2) is 0 Å². The Kier molecular flexibility index (Phi) is 3.45. The third-order valence-corrected chi connectivity index (χ3v) is 3.92. The van der Waals surface area contributed by atoms with Gasteiger partial charge in [0.05, 0.1) is 6.10 Å². The molecule has 0 bridgehead atoms. The van der Waals surface area contributed by atoms with Gasteiger partial charge in [0.2, 0.25) is 0 Å². The lowest BCUT2D eigenvalue weighted by atomic mass is 9.85. The quantitative estimate of drug-likeness (QED) is 0.733. The summed E-state index contributed by atoms with van der Waals surface area (Å²) in [6.45, 7) is 5.52. The zero-order valence-corrected chi connectivity index (χ0v) is 9.46. The summed E-state index contributed by atoms with van der Waals surface area (Å²) >= 11 is 0. The molecule has 1 saturated carbocycles. The van der Waals surface area contributed by atoms with E-state index in [4.69, 9.17) is 4.74 Å². The van der Waals surface area contributed by atoms with Crippen LogP contribution in [0.2, 0.25) is 0 Å². The lowest BCUT2D eigenvalue weighted by molar-refractivity contribution is 0.106. The van der Waals surface area contributed by atoms with Gasteiger partial charge in [-0.25, -0.2) is 0 Å². The Hall–Kier alpha value is -0.0800. The largest absolute Gasteiger partial charge is 0.377 e. The van der Waals surface area contributed by atoms with Crippen LogP contribution < -0.4 is 5.32 Å². The molecule has 0 aromatic rings. The third kappa shape index (κ3) is 2.29. The van der Waals surface area contributed by atoms with E-state index in [2.05, 4.69) is 19.2 Å². The van der Waals surface area contributed by atoms with E-state index in [1.165, 1.54) is 32.1 Å². The molecule has 1 aliphatic carbocycles. The molecule has 2 heteroatoms. The molecule has 0 spiro atoms. The highest BCUT2D eigenvalue weighted by molar-refractivity contribution is 4.86. The number of hydrogen-bond acceptors (Lipinski definition) is 2. The van der Waals surface area contributed by atoms with Crippen molar-refractivity contribution in [2.45, 2.75) is 64.1 Å². The highest BCUT2D eigenvalue weighted by atomic mass is 16.5. The Morgan fingerprint density at radius 3 is 2.43 bits per heavy atom. The van der Waals surface area contributed by atoms with Crippen molar-refractivity contribution in [2.24, 2.45) is 5.92 Å². The molecule has 0 aromatic heterocycles. The zero-order chi connectivity index (χ0) is 9.97. The van der Waals surface area contributed by atoms with Crippen LogP contribution in [0.1, 0.15) is 46.0 Å². The van der Waals surface area contributed by atoms with Crippen LogP contribution in [0, 0.1) is 5.92 Å². The van der Waals surface area contributed by atoms with Gasteiger partial charge in [-0.15, -0.1) is 0 Å². The number of ether oxygens (including phenoxy) is 1. The molecule has 2 rings (SSSR count). The lowest BCUT2D eigenvalue weighted by Gasteiger charge is -2.32. The predicted octanol–water partition coefficient (Wildman–Crippen LogP) is 2.33. The number of hydrogen-bond donors (Lipinski definition) is 1. The first-order chi connectivity index (χ1) is 6.77. The van der Waals surface area contributed by atoms with Crippen LogP contribution in [-0.2, 0) is 4.74 Å². The molecule has 2 fully saturated rings. The van der Waals surface area contributed by atoms with Crippen LogP contribution in [0.15, 0.2) is 0 Å². The smallest absolute Gasteiger partial charge is 0.0700 e. The van der Waals surface area contributed by atoms with Gasteiger partial charge in [0.1, 0.15) is 0 Å². The SMILES string of the molecule is C[C@H]1CCCC[C@@H]1N[C@@H]1CCO[C@@H]1C. The van der Waals surface area contributed by atoms with Crippen molar-refractivity contribution in [1.82, 2.24) is 5.32 Å². The van der Waals surface area contributed by atoms with Crippen LogP contribution in [0.5, 0.6) is 0 Å². The summed E-state index contributed by atoms with van der Waals surface area (Å²) in [5, 5.41) is 3.79. The van der Waals surface area contributed by atoms with Gasteiger partial charge < -0.3 is 10.1 Å². The molecule has 4 atom stereocenters. The maximum atomic E-state index is 5.58. The van der Waals surface area contributed by atoms with Crippen LogP contribution in [0.4, 0.5) is 0 Å². The first kappa shape index (κ1) is 10.4. The fourth-order valence-electron chi connectivity index (χ4n) is 2.79. The second-order valence-electron chi connectivity index (χ2n) is 5.01. The Morgan fingerprint density at radius 1 is 1.00 bits per heavy atom. The van der Waals surface area contributed by atoms with E-state index in [9.17, 15) is 0 Å². The monoisotopic (exact) mass is 197 g/mol. The maximum Gasteiger partial charge on any atom is 0.0700 e. The standard InChI is InChI=1S/C12H23NO/c1-9-5-3-4-6-11(9)13-12-7-8-14-10(12)2/h9-13H,3-8H2,1-2H3/t9-,10+,11-,12+/m0/s1. The number of nitrogens with one attached hydrogen (secondary N) is 1. The topological polar surface area (TPSA) is 21.3 Å². The van der Waals surface area contributed by atoms with Crippen LogP contribution in [-0.4, -0.2) is 24.8 Å². The molecular weight excluding hydrogens is 174 g/mol. The van der Waals surface area contributed by atoms with Gasteiger partial charge >= 0.3 is 0 Å². The van der Waals surface area contributed by atoms with Crippen LogP contribution in [0.25, 0.3) is 0 Å². The summed E-state index contributed by atoms with van der Waals surface area (Å²) in [7, 11) is 0. The molecule has 0 radical (unpaired) electrons. The van der Waals surface area contributed by atoms with Gasteiger partial charge in [-0.05, 0) is 32.1 Å². The van der Waals surface area contributed by atoms with Crippen molar-refractivity contribution in [3.63, 3.8) is 0 Å². The Bertz CT molecular complexity index is 183. The molecule has 1 saturated heterocycles. The maximum absolute atomic E-state index is 5.58. The van der Waals surface area contributed by atoms with Gasteiger partial charge in [-0.3, -0.25) is 0 Å². The van der Waals surface area contributed by atoms with Crippen molar-refractivity contribution < 1.29 is 4.74 Å². The van der Waals surface area contributed by atoms with E-state index >= 15 is 0 Å². The molecule has 2 nitrogen and oxygen atoms in total. The summed E-state index contributed by atoms with van der Waals surface area (Å²) in [6.07, 6.45) is 7.22. The Morgan fingerprint density at radius 2 is 1.79 bits per heavy atom. The molecule has 82 valence electrons. The van der Waals surface area contributed by atoms with E-state index in [0.29, 0.717) is 12.1 Å². The van der Waals surface area contributed by atoms with Crippen LogP contribution >= 0.6 is 0 Å². The van der Waals surface area contributed by atoms with E-state index in [-0.39, 0.29) is 0 Å². The summed E-state index contributed by atoms with van der Waals surface area (Å²) in [6, 6.07) is 1.36. The molecule has 2 aliphatic rings. The minimum atomic E-state index is 0.420. The highest BCUT2D eigenvalue weighted by Crippen LogP contribution is 2.25. The summed E-state index contributed by atoms with van der Waals surface area (Å²) < 4.78 is 5.58. The van der Waals surface area contributed by atoms with E-state index in [1.54, 1.807) is 0 Å². The molecule has 0 aromatic carbocycles. The first-order valence-corrected chi connectivity index (χ1v) is 6.15. The van der Waals surface area contributed by atoms with Crippen molar-refractivity contribution in [2.75, 3.05) is 6.61 Å². The molecular formula is C12H23NO. The van der Waals surface area contributed by atoms with Gasteiger partial charge in [-0.1, -0.05) is 19.8 Å². The molecule has 0 amide bonds. The number of rotatable bonds is 2. The average Bonchev–Trinajstić information content (AvgIpc) is 2.56. The summed E-state index contributed by atoms with van der Waals surface area (Å²) in [5.41, 5.74) is 0. The van der Waals surface area contributed by atoms with Crippen molar-refractivity contribution >= 4 is 0 Å². The second kappa shape index (κ2) is 4.63. The minimum Gasteiger partial charge on any atom is -0.377 e. The van der Waals surface area contributed by atoms with Crippen molar-refractivity contribution in [3.05, 3.63) is 0 Å². The van der Waals surface area contributed by atoms with Gasteiger partial charge in [-0.2, -0.15) is 0 Å². The zero-order valence-electron chi connectivity index (χ0n) is 9.46. The van der Waals surface area contributed by atoms with E-state index in [1.807, 2.05) is 0 Å². The molecule has 0 unspecified atom stereocenters. The average molecular weight is 197 g/mol. The van der Waals surface area contributed by atoms with E-state index < -0.39 is 0 Å². The minimum absolute atomic E-state index is 0.420. The molecule has 1 heterocycles. The highest BCUT2D eigenvalue weighted by Gasteiger charge is 2.29. The van der Waals surface area contributed by atoms with Crippen molar-refractivity contribution in [3.8, 4) is 0 Å². The first-order valence-electron chi connectivity index (χ1n) is 6.15. The Labute approximate surface area is 87.4 Å².